The summed E-state index contributed by atoms with van der Waals surface area (Å²) >= 11 is 0. The van der Waals surface area contributed by atoms with Gasteiger partial charge in [-0.2, -0.15) is 0 Å². The Bertz CT molecular complexity index is 144. The summed E-state index contributed by atoms with van der Waals surface area (Å²) in [6.07, 6.45) is 7.92. The fraction of sp³-hybridized carbons (Fsp3) is 0.818. The molecule has 0 aromatic heterocycles. The average Bonchev–Trinajstić information content (AvgIpc) is 2.36. The molecule has 0 aromatic carbocycles. The second kappa shape index (κ2) is 3.94. The van der Waals surface area contributed by atoms with Crippen LogP contribution >= 0.6 is 0 Å². The molecule has 1 saturated carbocycles. The molecule has 0 N–H and O–H groups in total. The van der Waals surface area contributed by atoms with E-state index in [-0.39, 0.29) is 0 Å². The number of hydrogen-bond acceptors (Lipinski definition) is 0. The molecule has 0 aliphatic heterocycles. The Morgan fingerprint density at radius 3 is 2.64 bits per heavy atom. The molecule has 1 aliphatic rings. The monoisotopic (exact) mass is 152 g/mol. The lowest BCUT2D eigenvalue weighted by Gasteiger charge is -2.15. The SMILES string of the molecule is CCC=C(C)[C@H]1CCC[C@H]1C. The van der Waals surface area contributed by atoms with Gasteiger partial charge in [0, 0.05) is 0 Å². The third kappa shape index (κ3) is 2.08. The minimum atomic E-state index is 0.912. The normalized spacial score (nSPS) is 32.8. The van der Waals surface area contributed by atoms with Crippen LogP contribution in [0.4, 0.5) is 0 Å². The van der Waals surface area contributed by atoms with Crippen LogP contribution in [-0.4, -0.2) is 0 Å². The first-order valence-corrected chi connectivity index (χ1v) is 4.92. The van der Waals surface area contributed by atoms with Gasteiger partial charge in [0.2, 0.25) is 0 Å². The van der Waals surface area contributed by atoms with Crippen molar-refractivity contribution in [2.45, 2.75) is 46.5 Å². The molecule has 11 heavy (non-hydrogen) atoms. The van der Waals surface area contributed by atoms with Crippen LogP contribution < -0.4 is 0 Å². The van der Waals surface area contributed by atoms with Gasteiger partial charge in [-0.1, -0.05) is 38.3 Å². The fourth-order valence-electron chi connectivity index (χ4n) is 2.30. The van der Waals surface area contributed by atoms with Crippen molar-refractivity contribution in [3.05, 3.63) is 11.6 Å². The highest BCUT2D eigenvalue weighted by Gasteiger charge is 2.23. The smallest absolute Gasteiger partial charge is 0.0180 e. The summed E-state index contributed by atoms with van der Waals surface area (Å²) in [7, 11) is 0. The van der Waals surface area contributed by atoms with Gasteiger partial charge in [-0.15, -0.1) is 0 Å². The molecule has 0 radical (unpaired) electrons. The molecule has 0 bridgehead atoms. The standard InChI is InChI=1S/C11H20/c1-4-6-9(2)11-8-5-7-10(11)3/h6,10-11H,4-5,7-8H2,1-3H3/t10-,11-/m1/s1. The van der Waals surface area contributed by atoms with E-state index in [0.717, 1.165) is 11.8 Å². The quantitative estimate of drug-likeness (QED) is 0.528. The number of allylic oxidation sites excluding steroid dienone is 2. The van der Waals surface area contributed by atoms with Crippen molar-refractivity contribution in [3.63, 3.8) is 0 Å². The zero-order valence-electron chi connectivity index (χ0n) is 8.06. The summed E-state index contributed by atoms with van der Waals surface area (Å²) in [5, 5.41) is 0. The largest absolute Gasteiger partial charge is 0.0856 e. The summed E-state index contributed by atoms with van der Waals surface area (Å²) in [5.74, 6) is 1.85. The van der Waals surface area contributed by atoms with Gasteiger partial charge in [-0.25, -0.2) is 0 Å². The summed E-state index contributed by atoms with van der Waals surface area (Å²) in [6, 6.07) is 0. The van der Waals surface area contributed by atoms with Crippen molar-refractivity contribution in [1.82, 2.24) is 0 Å². The second-order valence-corrected chi connectivity index (χ2v) is 3.87. The zero-order valence-corrected chi connectivity index (χ0v) is 8.06. The predicted octanol–water partition coefficient (Wildman–Crippen LogP) is 3.78. The van der Waals surface area contributed by atoms with Crippen molar-refractivity contribution in [2.24, 2.45) is 11.8 Å². The van der Waals surface area contributed by atoms with Gasteiger partial charge in [0.05, 0.1) is 0 Å². The lowest BCUT2D eigenvalue weighted by molar-refractivity contribution is 0.478. The van der Waals surface area contributed by atoms with E-state index in [2.05, 4.69) is 26.8 Å². The van der Waals surface area contributed by atoms with Crippen molar-refractivity contribution in [3.8, 4) is 0 Å². The van der Waals surface area contributed by atoms with Crippen LogP contribution in [0.2, 0.25) is 0 Å². The van der Waals surface area contributed by atoms with Gasteiger partial charge in [0.25, 0.3) is 0 Å². The first-order chi connectivity index (χ1) is 5.25. The molecule has 2 atom stereocenters. The topological polar surface area (TPSA) is 0 Å². The number of hydrogen-bond donors (Lipinski definition) is 0. The lowest BCUT2D eigenvalue weighted by atomic mass is 9.90. The van der Waals surface area contributed by atoms with Crippen LogP contribution in [0.3, 0.4) is 0 Å². The molecule has 0 aromatic rings. The average molecular weight is 152 g/mol. The molecule has 0 amide bonds. The molecule has 0 heteroatoms. The summed E-state index contributed by atoms with van der Waals surface area (Å²) in [5.41, 5.74) is 1.64. The summed E-state index contributed by atoms with van der Waals surface area (Å²) < 4.78 is 0. The van der Waals surface area contributed by atoms with E-state index < -0.39 is 0 Å². The molecule has 0 saturated heterocycles. The second-order valence-electron chi connectivity index (χ2n) is 3.87. The molecular formula is C11H20. The molecular weight excluding hydrogens is 132 g/mol. The highest BCUT2D eigenvalue weighted by Crippen LogP contribution is 2.36. The van der Waals surface area contributed by atoms with Gasteiger partial charge in [0.15, 0.2) is 0 Å². The van der Waals surface area contributed by atoms with Gasteiger partial charge in [-0.3, -0.25) is 0 Å². The van der Waals surface area contributed by atoms with Gasteiger partial charge >= 0.3 is 0 Å². The van der Waals surface area contributed by atoms with Crippen LogP contribution in [0.5, 0.6) is 0 Å². The van der Waals surface area contributed by atoms with E-state index in [1.165, 1.54) is 25.7 Å². The Kier molecular flexibility index (Phi) is 3.16. The van der Waals surface area contributed by atoms with Crippen molar-refractivity contribution in [1.29, 1.82) is 0 Å². The van der Waals surface area contributed by atoms with E-state index in [0.29, 0.717) is 0 Å². The van der Waals surface area contributed by atoms with E-state index in [4.69, 9.17) is 0 Å². The molecule has 1 rings (SSSR count). The van der Waals surface area contributed by atoms with Crippen LogP contribution in [0.15, 0.2) is 11.6 Å². The molecule has 0 spiro atoms. The maximum atomic E-state index is 2.40. The minimum Gasteiger partial charge on any atom is -0.0856 e. The van der Waals surface area contributed by atoms with Crippen LogP contribution in [0.25, 0.3) is 0 Å². The third-order valence-electron chi connectivity index (χ3n) is 2.97. The van der Waals surface area contributed by atoms with Crippen molar-refractivity contribution >= 4 is 0 Å². The first kappa shape index (κ1) is 8.83. The van der Waals surface area contributed by atoms with Crippen LogP contribution in [-0.2, 0) is 0 Å². The van der Waals surface area contributed by atoms with E-state index >= 15 is 0 Å². The molecule has 0 nitrogen and oxygen atoms in total. The van der Waals surface area contributed by atoms with Crippen molar-refractivity contribution < 1.29 is 0 Å². The van der Waals surface area contributed by atoms with Gasteiger partial charge in [-0.05, 0) is 31.6 Å². The van der Waals surface area contributed by atoms with E-state index in [1.54, 1.807) is 5.57 Å². The molecule has 64 valence electrons. The first-order valence-electron chi connectivity index (χ1n) is 4.92. The summed E-state index contributed by atoms with van der Waals surface area (Å²) in [6.45, 7) is 6.92. The molecule has 1 aliphatic carbocycles. The van der Waals surface area contributed by atoms with Crippen LogP contribution in [0.1, 0.15) is 46.5 Å². The van der Waals surface area contributed by atoms with Crippen LogP contribution in [0, 0.1) is 11.8 Å². The Balaban J connectivity index is 2.52. The Morgan fingerprint density at radius 2 is 2.18 bits per heavy atom. The Hall–Kier alpha value is -0.260. The predicted molar refractivity (Wildman–Crippen MR) is 50.6 cm³/mol. The maximum absolute atomic E-state index is 2.40. The molecule has 0 unspecified atom stereocenters. The highest BCUT2D eigenvalue weighted by atomic mass is 14.3. The minimum absolute atomic E-state index is 0.912. The lowest BCUT2D eigenvalue weighted by Crippen LogP contribution is -2.04. The number of rotatable bonds is 2. The Morgan fingerprint density at radius 1 is 1.45 bits per heavy atom. The van der Waals surface area contributed by atoms with E-state index in [1.807, 2.05) is 0 Å². The molecule has 0 heterocycles. The van der Waals surface area contributed by atoms with E-state index in [9.17, 15) is 0 Å². The zero-order chi connectivity index (χ0) is 8.27. The van der Waals surface area contributed by atoms with Crippen molar-refractivity contribution in [2.75, 3.05) is 0 Å². The third-order valence-corrected chi connectivity index (χ3v) is 2.97. The maximum Gasteiger partial charge on any atom is -0.0180 e. The highest BCUT2D eigenvalue weighted by molar-refractivity contribution is 5.06. The van der Waals surface area contributed by atoms with Gasteiger partial charge < -0.3 is 0 Å². The Labute approximate surface area is 70.7 Å². The van der Waals surface area contributed by atoms with Gasteiger partial charge in [0.1, 0.15) is 0 Å². The summed E-state index contributed by atoms with van der Waals surface area (Å²) in [4.78, 5) is 0. The molecule has 1 fully saturated rings. The fourth-order valence-corrected chi connectivity index (χ4v) is 2.30.